The van der Waals surface area contributed by atoms with E-state index in [1.807, 2.05) is 45.0 Å². The van der Waals surface area contributed by atoms with Gasteiger partial charge in [-0.25, -0.2) is 8.42 Å². The van der Waals surface area contributed by atoms with Crippen molar-refractivity contribution < 1.29 is 18.0 Å². The summed E-state index contributed by atoms with van der Waals surface area (Å²) < 4.78 is 26.1. The lowest BCUT2D eigenvalue weighted by Crippen LogP contribution is -2.52. The molecule has 0 aromatic heterocycles. The van der Waals surface area contributed by atoms with Crippen molar-refractivity contribution in [3.8, 4) is 0 Å². The van der Waals surface area contributed by atoms with E-state index in [1.165, 1.54) is 23.1 Å². The Labute approximate surface area is 212 Å². The Morgan fingerprint density at radius 1 is 1.06 bits per heavy atom. The molecule has 0 saturated carbocycles. The van der Waals surface area contributed by atoms with Gasteiger partial charge in [0.05, 0.1) is 17.0 Å². The van der Waals surface area contributed by atoms with Crippen LogP contribution in [0.4, 0.5) is 5.69 Å². The topological polar surface area (TPSA) is 86.8 Å². The van der Waals surface area contributed by atoms with E-state index >= 15 is 0 Å². The van der Waals surface area contributed by atoms with Crippen LogP contribution in [0, 0.1) is 6.92 Å². The molecule has 1 N–H and O–H groups in total. The van der Waals surface area contributed by atoms with Crippen molar-refractivity contribution in [2.45, 2.75) is 52.7 Å². The molecule has 186 valence electrons. The summed E-state index contributed by atoms with van der Waals surface area (Å²) in [5, 5.41) is 3.32. The molecule has 0 fully saturated rings. The summed E-state index contributed by atoms with van der Waals surface area (Å²) >= 11 is 12.2. The van der Waals surface area contributed by atoms with Crippen LogP contribution in [-0.4, -0.2) is 50.0 Å². The SMILES string of the molecule is CC[C@H](C)NC(=O)[C@H](C)N(Cc1ccc(C)cc1)C(=O)CN(c1ccc(Cl)cc1Cl)S(C)(=O)=O. The van der Waals surface area contributed by atoms with Gasteiger partial charge in [0.15, 0.2) is 0 Å². The molecule has 0 radical (unpaired) electrons. The Morgan fingerprint density at radius 2 is 1.68 bits per heavy atom. The third-order valence-corrected chi connectivity index (χ3v) is 7.16. The minimum Gasteiger partial charge on any atom is -0.352 e. The van der Waals surface area contributed by atoms with Crippen LogP contribution in [0.3, 0.4) is 0 Å². The molecule has 2 amide bonds. The highest BCUT2D eigenvalue weighted by Gasteiger charge is 2.31. The minimum atomic E-state index is -3.87. The number of carbonyl (C=O) groups excluding carboxylic acids is 2. The molecule has 10 heteroatoms. The second-order valence-corrected chi connectivity index (χ2v) is 11.1. The maximum Gasteiger partial charge on any atom is 0.244 e. The summed E-state index contributed by atoms with van der Waals surface area (Å²) in [5.74, 6) is -0.853. The highest BCUT2D eigenvalue weighted by molar-refractivity contribution is 7.92. The first-order valence-corrected chi connectivity index (χ1v) is 13.5. The summed E-state index contributed by atoms with van der Waals surface area (Å²) in [4.78, 5) is 27.7. The zero-order valence-corrected chi connectivity index (χ0v) is 22.3. The maximum absolute atomic E-state index is 13.5. The lowest BCUT2D eigenvalue weighted by molar-refractivity contribution is -0.139. The molecule has 0 aliphatic rings. The first-order chi connectivity index (χ1) is 15.8. The van der Waals surface area contributed by atoms with Gasteiger partial charge >= 0.3 is 0 Å². The molecule has 0 unspecified atom stereocenters. The monoisotopic (exact) mass is 527 g/mol. The molecule has 7 nitrogen and oxygen atoms in total. The minimum absolute atomic E-state index is 0.0633. The fourth-order valence-corrected chi connectivity index (χ4v) is 4.64. The average molecular weight is 529 g/mol. The zero-order valence-electron chi connectivity index (χ0n) is 20.0. The number of rotatable bonds is 10. The summed E-state index contributed by atoms with van der Waals surface area (Å²) in [6.07, 6.45) is 1.73. The first-order valence-electron chi connectivity index (χ1n) is 10.9. The van der Waals surface area contributed by atoms with E-state index in [4.69, 9.17) is 23.2 Å². The number of nitrogens with zero attached hydrogens (tertiary/aromatic N) is 2. The van der Waals surface area contributed by atoms with Crippen molar-refractivity contribution in [1.29, 1.82) is 0 Å². The number of hydrogen-bond donors (Lipinski definition) is 1. The number of sulfonamides is 1. The zero-order chi connectivity index (χ0) is 25.6. The second-order valence-electron chi connectivity index (χ2n) is 8.37. The van der Waals surface area contributed by atoms with Crippen molar-refractivity contribution in [2.24, 2.45) is 0 Å². The first kappa shape index (κ1) is 28.0. The van der Waals surface area contributed by atoms with Gasteiger partial charge in [0, 0.05) is 17.6 Å². The van der Waals surface area contributed by atoms with E-state index in [-0.39, 0.29) is 29.2 Å². The number of halogens is 2. The fourth-order valence-electron chi connectivity index (χ4n) is 3.22. The van der Waals surface area contributed by atoms with Gasteiger partial charge in [-0.05, 0) is 51.0 Å². The Bertz CT molecular complexity index is 1120. The molecule has 0 aliphatic carbocycles. The lowest BCUT2D eigenvalue weighted by Gasteiger charge is -2.32. The highest BCUT2D eigenvalue weighted by atomic mass is 35.5. The Balaban J connectivity index is 2.41. The number of amides is 2. The summed E-state index contributed by atoms with van der Waals surface area (Å²) in [6.45, 7) is 7.03. The predicted octanol–water partition coefficient (Wildman–Crippen LogP) is 4.40. The molecule has 2 aromatic carbocycles. The lowest BCUT2D eigenvalue weighted by atomic mass is 10.1. The van der Waals surface area contributed by atoms with Crippen molar-refractivity contribution in [2.75, 3.05) is 17.1 Å². The van der Waals surface area contributed by atoms with E-state index in [9.17, 15) is 18.0 Å². The van der Waals surface area contributed by atoms with Gasteiger partial charge in [-0.3, -0.25) is 13.9 Å². The summed E-state index contributed by atoms with van der Waals surface area (Å²) in [6, 6.07) is 11.0. The number of hydrogen-bond acceptors (Lipinski definition) is 4. The van der Waals surface area contributed by atoms with Crippen LogP contribution >= 0.6 is 23.2 Å². The molecule has 2 rings (SSSR count). The van der Waals surface area contributed by atoms with E-state index < -0.39 is 28.5 Å². The van der Waals surface area contributed by atoms with Crippen molar-refractivity contribution >= 4 is 50.7 Å². The average Bonchev–Trinajstić information content (AvgIpc) is 2.76. The summed E-state index contributed by atoms with van der Waals surface area (Å²) in [5.41, 5.74) is 2.01. The van der Waals surface area contributed by atoms with Crippen molar-refractivity contribution in [3.63, 3.8) is 0 Å². The highest BCUT2D eigenvalue weighted by Crippen LogP contribution is 2.30. The van der Waals surface area contributed by atoms with Crippen LogP contribution in [-0.2, 0) is 26.2 Å². The van der Waals surface area contributed by atoms with Crippen LogP contribution in [0.1, 0.15) is 38.3 Å². The molecular formula is C24H31Cl2N3O4S. The van der Waals surface area contributed by atoms with E-state index in [0.29, 0.717) is 5.02 Å². The Kier molecular flexibility index (Phi) is 9.79. The molecule has 0 saturated heterocycles. The molecule has 0 bridgehead atoms. The number of nitrogens with one attached hydrogen (secondary N) is 1. The number of carbonyl (C=O) groups is 2. The van der Waals surface area contributed by atoms with Gasteiger partial charge in [-0.2, -0.15) is 0 Å². The van der Waals surface area contributed by atoms with Gasteiger partial charge in [0.1, 0.15) is 12.6 Å². The van der Waals surface area contributed by atoms with Crippen LogP contribution in [0.15, 0.2) is 42.5 Å². The number of anilines is 1. The molecule has 34 heavy (non-hydrogen) atoms. The van der Waals surface area contributed by atoms with Gasteiger partial charge in [0.2, 0.25) is 21.8 Å². The number of aryl methyl sites for hydroxylation is 1. The normalized spacial score (nSPS) is 13.1. The van der Waals surface area contributed by atoms with Crippen LogP contribution < -0.4 is 9.62 Å². The molecule has 0 heterocycles. The van der Waals surface area contributed by atoms with Crippen LogP contribution in [0.25, 0.3) is 0 Å². The van der Waals surface area contributed by atoms with E-state index in [2.05, 4.69) is 5.32 Å². The molecular weight excluding hydrogens is 497 g/mol. The van der Waals surface area contributed by atoms with Crippen LogP contribution in [0.5, 0.6) is 0 Å². The molecule has 0 spiro atoms. The van der Waals surface area contributed by atoms with Crippen molar-refractivity contribution in [1.82, 2.24) is 10.2 Å². The molecule has 2 aromatic rings. The summed E-state index contributed by atoms with van der Waals surface area (Å²) in [7, 11) is -3.87. The molecule has 0 aliphatic heterocycles. The quantitative estimate of drug-likeness (QED) is 0.495. The smallest absolute Gasteiger partial charge is 0.244 e. The Morgan fingerprint density at radius 3 is 2.21 bits per heavy atom. The fraction of sp³-hybridized carbons (Fsp3) is 0.417. The van der Waals surface area contributed by atoms with E-state index in [0.717, 1.165) is 28.1 Å². The van der Waals surface area contributed by atoms with Gasteiger partial charge in [-0.1, -0.05) is 60.0 Å². The predicted molar refractivity (Wildman–Crippen MR) is 138 cm³/mol. The standard InChI is InChI=1S/C24H31Cl2N3O4S/c1-6-17(3)27-24(31)18(4)28(14-19-9-7-16(2)8-10-19)23(30)15-29(34(5,32)33)22-12-11-20(25)13-21(22)26/h7-13,17-18H,6,14-15H2,1-5H3,(H,27,31)/t17-,18-/m0/s1. The largest absolute Gasteiger partial charge is 0.352 e. The van der Waals surface area contributed by atoms with Gasteiger partial charge in [0.25, 0.3) is 0 Å². The second kappa shape index (κ2) is 11.9. The Hall–Kier alpha value is -2.29. The molecule has 2 atom stereocenters. The maximum atomic E-state index is 13.5. The number of benzene rings is 2. The van der Waals surface area contributed by atoms with Crippen LogP contribution in [0.2, 0.25) is 10.0 Å². The third-order valence-electron chi connectivity index (χ3n) is 5.50. The van der Waals surface area contributed by atoms with Crippen molar-refractivity contribution in [3.05, 3.63) is 63.6 Å². The van der Waals surface area contributed by atoms with E-state index in [1.54, 1.807) is 6.92 Å². The third kappa shape index (κ3) is 7.61. The van der Waals surface area contributed by atoms with Gasteiger partial charge in [-0.15, -0.1) is 0 Å². The van der Waals surface area contributed by atoms with Gasteiger partial charge < -0.3 is 10.2 Å².